The van der Waals surface area contributed by atoms with E-state index in [1.807, 2.05) is 0 Å². The van der Waals surface area contributed by atoms with Crippen LogP contribution in [0.3, 0.4) is 0 Å². The Labute approximate surface area is 125 Å². The molecular weight excluding hydrogens is 325 g/mol. The predicted molar refractivity (Wildman–Crippen MR) is 78.5 cm³/mol. The van der Waals surface area contributed by atoms with Crippen molar-refractivity contribution in [2.45, 2.75) is 32.7 Å². The van der Waals surface area contributed by atoms with Crippen LogP contribution in [0, 0.1) is 11.7 Å². The van der Waals surface area contributed by atoms with Gasteiger partial charge in [0.05, 0.1) is 4.47 Å². The van der Waals surface area contributed by atoms with Crippen LogP contribution in [0.25, 0.3) is 11.4 Å². The summed E-state index contributed by atoms with van der Waals surface area (Å²) in [5.41, 5.74) is 6.71. The molecule has 108 valence electrons. The Morgan fingerprint density at radius 3 is 2.80 bits per heavy atom. The Bertz CT molecular complexity index is 586. The van der Waals surface area contributed by atoms with Crippen LogP contribution >= 0.6 is 15.9 Å². The number of hydrogen-bond acceptors (Lipinski definition) is 4. The van der Waals surface area contributed by atoms with Gasteiger partial charge in [0, 0.05) is 18.0 Å². The summed E-state index contributed by atoms with van der Waals surface area (Å²) in [5.74, 6) is 1.16. The summed E-state index contributed by atoms with van der Waals surface area (Å²) in [7, 11) is 0. The van der Waals surface area contributed by atoms with E-state index >= 15 is 0 Å². The van der Waals surface area contributed by atoms with Crippen LogP contribution in [-0.2, 0) is 6.42 Å². The molecule has 1 aromatic heterocycles. The second-order valence-electron chi connectivity index (χ2n) is 5.23. The second kappa shape index (κ2) is 6.45. The average molecular weight is 342 g/mol. The Hall–Kier alpha value is -1.27. The van der Waals surface area contributed by atoms with Crippen LogP contribution in [0.5, 0.6) is 0 Å². The van der Waals surface area contributed by atoms with Crippen LogP contribution in [0.15, 0.2) is 27.2 Å². The van der Waals surface area contributed by atoms with Gasteiger partial charge in [-0.05, 0) is 46.5 Å². The molecule has 1 aromatic carbocycles. The fourth-order valence-electron chi connectivity index (χ4n) is 2.00. The van der Waals surface area contributed by atoms with Crippen molar-refractivity contribution in [3.05, 3.63) is 34.4 Å². The molecule has 0 fully saturated rings. The first kappa shape index (κ1) is 15.1. The first-order valence-corrected chi connectivity index (χ1v) is 7.28. The fraction of sp³-hybridized carbons (Fsp3) is 0.429. The Morgan fingerprint density at radius 2 is 2.15 bits per heavy atom. The molecule has 6 heteroatoms. The zero-order valence-corrected chi connectivity index (χ0v) is 13.0. The maximum Gasteiger partial charge on any atom is 0.228 e. The lowest BCUT2D eigenvalue weighted by molar-refractivity contribution is 0.359. The van der Waals surface area contributed by atoms with E-state index in [-0.39, 0.29) is 11.9 Å². The van der Waals surface area contributed by atoms with Gasteiger partial charge in [0.2, 0.25) is 11.7 Å². The van der Waals surface area contributed by atoms with Crippen LogP contribution in [0.1, 0.15) is 26.2 Å². The van der Waals surface area contributed by atoms with E-state index < -0.39 is 0 Å². The molecule has 0 aliphatic rings. The van der Waals surface area contributed by atoms with E-state index in [2.05, 4.69) is 39.9 Å². The second-order valence-corrected chi connectivity index (χ2v) is 6.09. The fourth-order valence-corrected chi connectivity index (χ4v) is 2.38. The van der Waals surface area contributed by atoms with Gasteiger partial charge < -0.3 is 10.3 Å². The minimum atomic E-state index is -0.323. The Morgan fingerprint density at radius 1 is 1.40 bits per heavy atom. The van der Waals surface area contributed by atoms with Crippen LogP contribution in [-0.4, -0.2) is 16.2 Å². The van der Waals surface area contributed by atoms with E-state index in [1.165, 1.54) is 6.07 Å². The molecule has 2 aromatic rings. The normalized spacial score (nSPS) is 12.9. The summed E-state index contributed by atoms with van der Waals surface area (Å²) in [4.78, 5) is 4.30. The quantitative estimate of drug-likeness (QED) is 0.902. The molecule has 0 radical (unpaired) electrons. The Balaban J connectivity index is 2.10. The third-order valence-electron chi connectivity index (χ3n) is 2.86. The summed E-state index contributed by atoms with van der Waals surface area (Å²) in [6, 6.07) is 4.60. The summed E-state index contributed by atoms with van der Waals surface area (Å²) in [6.45, 7) is 4.24. The SMILES string of the molecule is CC(C)CC(N)Cc1nc(-c2ccc(F)c(Br)c2)no1. The highest BCUT2D eigenvalue weighted by atomic mass is 79.9. The van der Waals surface area contributed by atoms with Crippen molar-refractivity contribution in [2.24, 2.45) is 11.7 Å². The largest absolute Gasteiger partial charge is 0.339 e. The molecule has 0 saturated heterocycles. The van der Waals surface area contributed by atoms with Gasteiger partial charge >= 0.3 is 0 Å². The van der Waals surface area contributed by atoms with Crippen molar-refractivity contribution >= 4 is 15.9 Å². The molecule has 2 rings (SSSR count). The number of benzene rings is 1. The number of halogens is 2. The molecule has 0 bridgehead atoms. The highest BCUT2D eigenvalue weighted by molar-refractivity contribution is 9.10. The highest BCUT2D eigenvalue weighted by Gasteiger charge is 2.14. The third-order valence-corrected chi connectivity index (χ3v) is 3.46. The van der Waals surface area contributed by atoms with Crippen molar-refractivity contribution in [1.29, 1.82) is 0 Å². The molecule has 0 spiro atoms. The number of rotatable bonds is 5. The molecule has 20 heavy (non-hydrogen) atoms. The molecule has 0 saturated carbocycles. The molecule has 1 unspecified atom stereocenters. The minimum Gasteiger partial charge on any atom is -0.339 e. The van der Waals surface area contributed by atoms with E-state index in [0.717, 1.165) is 6.42 Å². The molecular formula is C14H17BrFN3O. The smallest absolute Gasteiger partial charge is 0.228 e. The number of nitrogens with zero attached hydrogens (tertiary/aromatic N) is 2. The maximum atomic E-state index is 13.2. The van der Waals surface area contributed by atoms with Crippen molar-refractivity contribution in [3.63, 3.8) is 0 Å². The molecule has 0 aliphatic heterocycles. The summed E-state index contributed by atoms with van der Waals surface area (Å²) in [6.07, 6.45) is 1.45. The van der Waals surface area contributed by atoms with Crippen molar-refractivity contribution in [3.8, 4) is 11.4 Å². The van der Waals surface area contributed by atoms with Gasteiger partial charge in [-0.2, -0.15) is 4.98 Å². The summed E-state index contributed by atoms with van der Waals surface area (Å²) < 4.78 is 18.7. The summed E-state index contributed by atoms with van der Waals surface area (Å²) >= 11 is 3.14. The monoisotopic (exact) mass is 341 g/mol. The first-order valence-electron chi connectivity index (χ1n) is 6.49. The topological polar surface area (TPSA) is 64.9 Å². The molecule has 2 N–H and O–H groups in total. The van der Waals surface area contributed by atoms with Gasteiger partial charge in [-0.25, -0.2) is 4.39 Å². The van der Waals surface area contributed by atoms with Crippen LogP contribution in [0.4, 0.5) is 4.39 Å². The lowest BCUT2D eigenvalue weighted by atomic mass is 10.0. The first-order chi connectivity index (χ1) is 9.45. The third kappa shape index (κ3) is 3.86. The standard InChI is InChI=1S/C14H17BrFN3O/c1-8(2)5-10(17)7-13-18-14(19-20-13)9-3-4-12(16)11(15)6-9/h3-4,6,8,10H,5,7,17H2,1-2H3. The van der Waals surface area contributed by atoms with Crippen LogP contribution in [0.2, 0.25) is 0 Å². The Kier molecular flexibility index (Phi) is 4.88. The predicted octanol–water partition coefficient (Wildman–Crippen LogP) is 3.55. The van der Waals surface area contributed by atoms with Gasteiger partial charge in [-0.15, -0.1) is 0 Å². The van der Waals surface area contributed by atoms with Gasteiger partial charge in [0.15, 0.2) is 0 Å². The molecule has 0 aliphatic carbocycles. The van der Waals surface area contributed by atoms with Crippen molar-refractivity contribution in [1.82, 2.24) is 10.1 Å². The van der Waals surface area contributed by atoms with E-state index in [0.29, 0.717) is 34.1 Å². The van der Waals surface area contributed by atoms with Gasteiger partial charge in [0.25, 0.3) is 0 Å². The number of hydrogen-bond donors (Lipinski definition) is 1. The number of nitrogens with two attached hydrogens (primary N) is 1. The van der Waals surface area contributed by atoms with Crippen LogP contribution < -0.4 is 5.73 Å². The molecule has 0 amide bonds. The maximum absolute atomic E-state index is 13.2. The summed E-state index contributed by atoms with van der Waals surface area (Å²) in [5, 5.41) is 3.90. The lowest BCUT2D eigenvalue weighted by Gasteiger charge is -2.10. The lowest BCUT2D eigenvalue weighted by Crippen LogP contribution is -2.24. The molecule has 4 nitrogen and oxygen atoms in total. The van der Waals surface area contributed by atoms with E-state index in [9.17, 15) is 4.39 Å². The zero-order valence-electron chi connectivity index (χ0n) is 11.4. The molecule has 1 atom stereocenters. The van der Waals surface area contributed by atoms with E-state index in [1.54, 1.807) is 12.1 Å². The van der Waals surface area contributed by atoms with Crippen molar-refractivity contribution < 1.29 is 8.91 Å². The molecule has 1 heterocycles. The van der Waals surface area contributed by atoms with E-state index in [4.69, 9.17) is 10.3 Å². The average Bonchev–Trinajstić information content (AvgIpc) is 2.80. The van der Waals surface area contributed by atoms with Gasteiger partial charge in [0.1, 0.15) is 5.82 Å². The zero-order chi connectivity index (χ0) is 14.7. The van der Waals surface area contributed by atoms with Crippen molar-refractivity contribution in [2.75, 3.05) is 0 Å². The highest BCUT2D eigenvalue weighted by Crippen LogP contribution is 2.23. The van der Waals surface area contributed by atoms with Gasteiger partial charge in [-0.3, -0.25) is 0 Å². The van der Waals surface area contributed by atoms with Gasteiger partial charge in [-0.1, -0.05) is 19.0 Å². The number of aromatic nitrogens is 2. The minimum absolute atomic E-state index is 0.00301.